The number of amides is 3. The first-order chi connectivity index (χ1) is 24.6. The van der Waals surface area contributed by atoms with E-state index < -0.39 is 11.8 Å². The molecule has 1 aliphatic heterocycles. The van der Waals surface area contributed by atoms with Crippen molar-refractivity contribution in [2.75, 3.05) is 84.3 Å². The number of fused-ring (bicyclic) bond motifs is 1. The van der Waals surface area contributed by atoms with Gasteiger partial charge in [-0.15, -0.1) is 0 Å². The number of anilines is 2. The monoisotopic (exact) mass is 698 g/mol. The van der Waals surface area contributed by atoms with E-state index in [0.717, 1.165) is 68.6 Å². The molecule has 0 atom stereocenters. The normalized spacial score (nSPS) is 13.3. The molecular weight excluding hydrogens is 648 g/mol. The fourth-order valence-electron chi connectivity index (χ4n) is 6.32. The molecule has 0 spiro atoms. The number of likely N-dealkylation sites (N-methyl/N-ethyl adjacent to an activating group) is 2. The Bertz CT molecular complexity index is 1850. The molecule has 3 aromatic carbocycles. The van der Waals surface area contributed by atoms with Gasteiger partial charge in [0.1, 0.15) is 11.5 Å². The summed E-state index contributed by atoms with van der Waals surface area (Å²) in [6.45, 7) is 7.24. The first kappa shape index (κ1) is 37.1. The quantitative estimate of drug-likeness (QED) is 0.126. The number of piperazine rings is 1. The Morgan fingerprint density at radius 1 is 1.00 bits per heavy atom. The molecule has 1 aliphatic rings. The highest BCUT2D eigenvalue weighted by molar-refractivity contribution is 6.15. The van der Waals surface area contributed by atoms with Crippen molar-refractivity contribution < 1.29 is 23.9 Å². The number of benzene rings is 3. The van der Waals surface area contributed by atoms with Crippen molar-refractivity contribution in [3.63, 3.8) is 0 Å². The molecular formula is C38H50N8O5. The van der Waals surface area contributed by atoms with Crippen LogP contribution < -0.4 is 30.7 Å². The van der Waals surface area contributed by atoms with Crippen molar-refractivity contribution in [2.24, 2.45) is 5.73 Å². The molecule has 5 N–H and O–H groups in total. The van der Waals surface area contributed by atoms with E-state index in [1.165, 1.54) is 12.0 Å². The van der Waals surface area contributed by atoms with E-state index in [9.17, 15) is 14.4 Å². The van der Waals surface area contributed by atoms with Crippen molar-refractivity contribution in [3.05, 3.63) is 65.2 Å². The molecule has 4 aromatic rings. The maximum Gasteiger partial charge on any atom is 0.259 e. The fraction of sp³-hybridized carbons (Fsp3) is 0.421. The number of carbonyl (C=O) groups excluding carboxylic acids is 3. The van der Waals surface area contributed by atoms with Crippen molar-refractivity contribution in [3.8, 4) is 22.6 Å². The van der Waals surface area contributed by atoms with Crippen molar-refractivity contribution >= 4 is 40.4 Å². The van der Waals surface area contributed by atoms with Crippen LogP contribution in [0.3, 0.4) is 0 Å². The third-order valence-electron chi connectivity index (χ3n) is 9.24. The minimum atomic E-state index is -0.791. The minimum Gasteiger partial charge on any atom is -0.495 e. The summed E-state index contributed by atoms with van der Waals surface area (Å²) in [6, 6.07) is 14.7. The van der Waals surface area contributed by atoms with Crippen LogP contribution in [0.5, 0.6) is 11.5 Å². The second-order valence-electron chi connectivity index (χ2n) is 12.9. The van der Waals surface area contributed by atoms with E-state index in [0.29, 0.717) is 48.0 Å². The highest BCUT2D eigenvalue weighted by atomic mass is 16.5. The third-order valence-corrected chi connectivity index (χ3v) is 9.24. The van der Waals surface area contributed by atoms with Crippen molar-refractivity contribution in [1.82, 2.24) is 25.1 Å². The summed E-state index contributed by atoms with van der Waals surface area (Å²) >= 11 is 0. The zero-order chi connectivity index (χ0) is 36.5. The van der Waals surface area contributed by atoms with Gasteiger partial charge in [0.2, 0.25) is 11.9 Å². The lowest BCUT2D eigenvalue weighted by Gasteiger charge is -2.32. The van der Waals surface area contributed by atoms with Crippen molar-refractivity contribution in [1.29, 1.82) is 0 Å². The number of aromatic nitrogens is 2. The standard InChI is InChI=1S/C38H50N8O5/c1-25-13-16-30(31(24-25)51-23-8-6-7-12-32(47)46-21-19-44(3)20-22-46)45(4)37(49)28-15-14-27(35(50-5)33(28)36(39)48)26-10-9-11-29-34(26)43-38(42-29)41-18-17-40-2/h9-11,13-16,24,40H,6-8,12,17-23H2,1-5H3,(H2,39,48)(H2,41,42,43). The number of rotatable bonds is 16. The molecule has 51 heavy (non-hydrogen) atoms. The summed E-state index contributed by atoms with van der Waals surface area (Å²) in [7, 11) is 7.05. The van der Waals surface area contributed by atoms with E-state index in [2.05, 4.69) is 27.6 Å². The molecule has 0 saturated carbocycles. The number of hydrogen-bond donors (Lipinski definition) is 4. The molecule has 0 radical (unpaired) electrons. The number of H-pyrrole nitrogens is 1. The number of aryl methyl sites for hydroxylation is 1. The zero-order valence-electron chi connectivity index (χ0n) is 30.3. The van der Waals surface area contributed by atoms with E-state index in [1.807, 2.05) is 55.3 Å². The molecule has 2 heterocycles. The van der Waals surface area contributed by atoms with Gasteiger partial charge in [0.05, 0.1) is 41.6 Å². The van der Waals surface area contributed by atoms with Gasteiger partial charge >= 0.3 is 0 Å². The van der Waals surface area contributed by atoms with Gasteiger partial charge < -0.3 is 45.5 Å². The van der Waals surface area contributed by atoms with Gasteiger partial charge in [0.15, 0.2) is 0 Å². The van der Waals surface area contributed by atoms with Crippen LogP contribution in [0.1, 0.15) is 52.0 Å². The van der Waals surface area contributed by atoms with E-state index >= 15 is 0 Å². The molecule has 13 nitrogen and oxygen atoms in total. The molecule has 1 aromatic heterocycles. The van der Waals surface area contributed by atoms with Gasteiger partial charge in [-0.2, -0.15) is 0 Å². The van der Waals surface area contributed by atoms with Crippen LogP contribution in [0.2, 0.25) is 0 Å². The van der Waals surface area contributed by atoms with Crippen LogP contribution in [0.4, 0.5) is 11.6 Å². The van der Waals surface area contributed by atoms with Crippen LogP contribution in [0.15, 0.2) is 48.5 Å². The highest BCUT2D eigenvalue weighted by Gasteiger charge is 2.28. The number of hydrogen-bond acceptors (Lipinski definition) is 9. The molecule has 1 fully saturated rings. The van der Waals surface area contributed by atoms with Gasteiger partial charge in [-0.25, -0.2) is 4.98 Å². The van der Waals surface area contributed by atoms with Gasteiger partial charge in [0, 0.05) is 63.9 Å². The molecule has 272 valence electrons. The first-order valence-electron chi connectivity index (χ1n) is 17.5. The number of unbranched alkanes of at least 4 members (excludes halogenated alkanes) is 2. The number of aromatic amines is 1. The highest BCUT2D eigenvalue weighted by Crippen LogP contribution is 2.39. The maximum absolute atomic E-state index is 14.1. The Labute approximate surface area is 299 Å². The summed E-state index contributed by atoms with van der Waals surface area (Å²) in [6.07, 6.45) is 2.95. The lowest BCUT2D eigenvalue weighted by Crippen LogP contribution is -2.47. The van der Waals surface area contributed by atoms with Crippen LogP contribution in [0.25, 0.3) is 22.2 Å². The van der Waals surface area contributed by atoms with E-state index in [4.69, 9.17) is 20.2 Å². The lowest BCUT2D eigenvalue weighted by molar-refractivity contribution is -0.132. The second-order valence-corrected chi connectivity index (χ2v) is 12.9. The summed E-state index contributed by atoms with van der Waals surface area (Å²) < 4.78 is 12.0. The number of nitrogens with one attached hydrogen (secondary N) is 3. The van der Waals surface area contributed by atoms with Crippen molar-refractivity contribution in [2.45, 2.75) is 32.6 Å². The van der Waals surface area contributed by atoms with Crippen LogP contribution in [0, 0.1) is 6.92 Å². The number of para-hydroxylation sites is 1. The van der Waals surface area contributed by atoms with Crippen LogP contribution in [-0.4, -0.2) is 112 Å². The van der Waals surface area contributed by atoms with Gasteiger partial charge in [-0.3, -0.25) is 14.4 Å². The minimum absolute atomic E-state index is 0.0209. The Hall–Kier alpha value is -5.14. The summed E-state index contributed by atoms with van der Waals surface area (Å²) in [5.41, 5.74) is 10.3. The molecule has 1 saturated heterocycles. The zero-order valence-corrected chi connectivity index (χ0v) is 30.3. The average Bonchev–Trinajstić information content (AvgIpc) is 3.55. The Morgan fingerprint density at radius 2 is 1.78 bits per heavy atom. The summed E-state index contributed by atoms with van der Waals surface area (Å²) in [5, 5.41) is 6.35. The molecule has 0 bridgehead atoms. The molecule has 5 rings (SSSR count). The second kappa shape index (κ2) is 17.2. The molecule has 0 unspecified atom stereocenters. The summed E-state index contributed by atoms with van der Waals surface area (Å²) in [5.74, 6) is 0.328. The number of methoxy groups -OCH3 is 1. The third kappa shape index (κ3) is 8.78. The lowest BCUT2D eigenvalue weighted by atomic mass is 9.95. The van der Waals surface area contributed by atoms with E-state index in [1.54, 1.807) is 19.2 Å². The predicted molar refractivity (Wildman–Crippen MR) is 201 cm³/mol. The van der Waals surface area contributed by atoms with Gasteiger partial charge in [-0.05, 0) is 76.2 Å². The number of ether oxygens (including phenoxy) is 2. The number of primary amides is 1. The Kier molecular flexibility index (Phi) is 12.5. The largest absolute Gasteiger partial charge is 0.495 e. The topological polar surface area (TPSA) is 158 Å². The summed E-state index contributed by atoms with van der Waals surface area (Å²) in [4.78, 5) is 53.4. The van der Waals surface area contributed by atoms with Crippen LogP contribution >= 0.6 is 0 Å². The first-order valence-corrected chi connectivity index (χ1v) is 17.5. The van der Waals surface area contributed by atoms with E-state index in [-0.39, 0.29) is 22.8 Å². The molecule has 3 amide bonds. The SMILES string of the molecule is CNCCNc1nc2c(-c3ccc(C(=O)N(C)c4ccc(C)cc4OCCCCCC(=O)N4CCN(C)CC4)c(C(N)=O)c3OC)cccc2[nH]1. The number of carbonyl (C=O) groups is 3. The number of nitrogens with two attached hydrogens (primary N) is 1. The fourth-order valence-corrected chi connectivity index (χ4v) is 6.32. The Morgan fingerprint density at radius 3 is 2.51 bits per heavy atom. The smallest absolute Gasteiger partial charge is 0.259 e. The van der Waals surface area contributed by atoms with Gasteiger partial charge in [-0.1, -0.05) is 18.2 Å². The average molecular weight is 699 g/mol. The van der Waals surface area contributed by atoms with Gasteiger partial charge in [0.25, 0.3) is 11.8 Å². The molecule has 13 heteroatoms. The predicted octanol–water partition coefficient (Wildman–Crippen LogP) is 4.27. The van der Waals surface area contributed by atoms with Crippen LogP contribution in [-0.2, 0) is 4.79 Å². The Balaban J connectivity index is 1.31. The molecule has 0 aliphatic carbocycles. The number of nitrogens with zero attached hydrogens (tertiary/aromatic N) is 4. The number of imidazole rings is 1. The maximum atomic E-state index is 14.1.